The first kappa shape index (κ1) is 26.2. The molecule has 2 heterocycles. The maximum absolute atomic E-state index is 13.8. The van der Waals surface area contributed by atoms with E-state index >= 15 is 0 Å². The monoisotopic (exact) mass is 506 g/mol. The van der Waals surface area contributed by atoms with Gasteiger partial charge in [0.1, 0.15) is 0 Å². The molecule has 4 rings (SSSR count). The van der Waals surface area contributed by atoms with Crippen LogP contribution in [-0.4, -0.2) is 46.9 Å². The van der Waals surface area contributed by atoms with E-state index in [0.29, 0.717) is 34.1 Å². The molecular weight excluding hydrogens is 472 g/mol. The highest BCUT2D eigenvalue weighted by molar-refractivity contribution is 6.31. The Morgan fingerprint density at radius 3 is 1.81 bits per heavy atom. The molecule has 0 saturated heterocycles. The van der Waals surface area contributed by atoms with Gasteiger partial charge in [-0.1, -0.05) is 99.0 Å². The molecule has 2 aliphatic heterocycles. The normalized spacial score (nSPS) is 15.5. The third kappa shape index (κ3) is 5.58. The van der Waals surface area contributed by atoms with E-state index in [1.165, 1.54) is 25.7 Å². The van der Waals surface area contributed by atoms with Crippen molar-refractivity contribution >= 4 is 34.8 Å². The Morgan fingerprint density at radius 2 is 1.19 bits per heavy atom. The van der Waals surface area contributed by atoms with Gasteiger partial charge in [0.25, 0.3) is 11.8 Å². The first-order chi connectivity index (χ1) is 17.5. The van der Waals surface area contributed by atoms with Crippen molar-refractivity contribution in [2.75, 3.05) is 20.2 Å². The Kier molecular flexibility index (Phi) is 9.00. The Balaban J connectivity index is 1.52. The van der Waals surface area contributed by atoms with Crippen LogP contribution in [0.5, 0.6) is 0 Å². The lowest BCUT2D eigenvalue weighted by Crippen LogP contribution is -2.29. The van der Waals surface area contributed by atoms with Gasteiger partial charge >= 0.3 is 0 Å². The summed E-state index contributed by atoms with van der Waals surface area (Å²) in [5.74, 6) is -0.249. The predicted octanol–water partition coefficient (Wildman–Crippen LogP) is 6.28. The highest BCUT2D eigenvalue weighted by atomic mass is 35.5. The van der Waals surface area contributed by atoms with Crippen molar-refractivity contribution in [3.05, 3.63) is 81.9 Å². The molecule has 190 valence electrons. The van der Waals surface area contributed by atoms with Crippen molar-refractivity contribution in [3.8, 4) is 0 Å². The Hall–Kier alpha value is -2.89. The molecule has 36 heavy (non-hydrogen) atoms. The van der Waals surface area contributed by atoms with E-state index in [-0.39, 0.29) is 18.4 Å². The zero-order chi connectivity index (χ0) is 25.5. The molecule has 5 nitrogen and oxygen atoms in total. The lowest BCUT2D eigenvalue weighted by Gasteiger charge is -2.23. The van der Waals surface area contributed by atoms with E-state index in [9.17, 15) is 9.59 Å². The maximum Gasteiger partial charge on any atom is 0.261 e. The van der Waals surface area contributed by atoms with Crippen LogP contribution in [0.3, 0.4) is 0 Å². The van der Waals surface area contributed by atoms with Crippen LogP contribution < -0.4 is 0 Å². The van der Waals surface area contributed by atoms with Gasteiger partial charge < -0.3 is 14.9 Å². The van der Waals surface area contributed by atoms with Crippen molar-refractivity contribution in [3.63, 3.8) is 0 Å². The molecule has 0 aromatic heterocycles. The van der Waals surface area contributed by atoms with Crippen molar-refractivity contribution in [2.24, 2.45) is 0 Å². The van der Waals surface area contributed by atoms with Crippen LogP contribution in [0.15, 0.2) is 65.7 Å². The van der Waals surface area contributed by atoms with Crippen LogP contribution in [0.25, 0.3) is 11.4 Å². The second-order valence-electron chi connectivity index (χ2n) is 9.55. The SMILES string of the molecule is CN1C(=O)C2=C(c3ccc(Cl)cc3)N(CCCCCCCCCCCO)C(=O)C2=C1c1ccccc1. The Bertz CT molecular complexity index is 1140. The summed E-state index contributed by atoms with van der Waals surface area (Å²) in [6.45, 7) is 0.869. The van der Waals surface area contributed by atoms with Gasteiger partial charge in [0, 0.05) is 25.2 Å². The summed E-state index contributed by atoms with van der Waals surface area (Å²) in [7, 11) is 1.74. The van der Waals surface area contributed by atoms with E-state index in [0.717, 1.165) is 43.2 Å². The molecule has 6 heteroatoms. The number of fused-ring (bicyclic) bond motifs is 1. The van der Waals surface area contributed by atoms with Crippen LogP contribution in [0.4, 0.5) is 0 Å². The minimum absolute atomic E-state index is 0.101. The Morgan fingerprint density at radius 1 is 0.667 bits per heavy atom. The number of likely N-dealkylation sites (N-methyl/N-ethyl adjacent to an activating group) is 1. The number of nitrogens with zero attached hydrogens (tertiary/aromatic N) is 2. The zero-order valence-corrected chi connectivity index (χ0v) is 21.8. The van der Waals surface area contributed by atoms with Crippen molar-refractivity contribution in [2.45, 2.75) is 57.8 Å². The van der Waals surface area contributed by atoms with Crippen LogP contribution >= 0.6 is 11.6 Å². The van der Waals surface area contributed by atoms with Crippen molar-refractivity contribution < 1.29 is 14.7 Å². The minimum Gasteiger partial charge on any atom is -0.396 e. The number of aliphatic hydroxyl groups excluding tert-OH is 1. The van der Waals surface area contributed by atoms with Crippen molar-refractivity contribution in [1.82, 2.24) is 9.80 Å². The summed E-state index contributed by atoms with van der Waals surface area (Å²) in [6.07, 6.45) is 9.86. The number of carbonyl (C=O) groups excluding carboxylic acids is 2. The largest absolute Gasteiger partial charge is 0.396 e. The summed E-state index contributed by atoms with van der Waals surface area (Å²) in [6, 6.07) is 17.0. The van der Waals surface area contributed by atoms with Gasteiger partial charge in [0.15, 0.2) is 0 Å². The second-order valence-corrected chi connectivity index (χ2v) is 9.98. The van der Waals surface area contributed by atoms with Crippen molar-refractivity contribution in [1.29, 1.82) is 0 Å². The molecule has 0 radical (unpaired) electrons. The summed E-state index contributed by atoms with van der Waals surface area (Å²) < 4.78 is 0. The van der Waals surface area contributed by atoms with Crippen LogP contribution in [-0.2, 0) is 9.59 Å². The molecule has 1 N–H and O–H groups in total. The summed E-state index contributed by atoms with van der Waals surface area (Å²) >= 11 is 6.14. The molecule has 0 saturated carbocycles. The average Bonchev–Trinajstić information content (AvgIpc) is 3.32. The minimum atomic E-state index is -0.147. The highest BCUT2D eigenvalue weighted by Crippen LogP contribution is 2.46. The van der Waals surface area contributed by atoms with E-state index in [2.05, 4.69) is 0 Å². The molecule has 2 aromatic carbocycles. The van der Waals surface area contributed by atoms with Crippen LogP contribution in [0.1, 0.15) is 68.9 Å². The van der Waals surface area contributed by atoms with E-state index in [1.54, 1.807) is 29.0 Å². The number of halogens is 1. The molecular formula is C30H35ClN2O3. The Labute approximate surface area is 219 Å². The summed E-state index contributed by atoms with van der Waals surface area (Å²) in [4.78, 5) is 30.7. The van der Waals surface area contributed by atoms with Gasteiger partial charge in [-0.2, -0.15) is 0 Å². The fourth-order valence-corrected chi connectivity index (χ4v) is 5.26. The lowest BCUT2D eigenvalue weighted by atomic mass is 10.0. The van der Waals surface area contributed by atoms with Gasteiger partial charge in [-0.25, -0.2) is 0 Å². The fraction of sp³-hybridized carbons (Fsp3) is 0.400. The number of rotatable bonds is 13. The second kappa shape index (κ2) is 12.4. The van der Waals surface area contributed by atoms with Crippen LogP contribution in [0.2, 0.25) is 5.02 Å². The molecule has 0 aliphatic carbocycles. The third-order valence-corrected chi connectivity index (χ3v) is 7.26. The molecule has 0 unspecified atom stereocenters. The van der Waals surface area contributed by atoms with Gasteiger partial charge in [-0.3, -0.25) is 9.59 Å². The quantitative estimate of drug-likeness (QED) is 0.325. The van der Waals surface area contributed by atoms with Gasteiger partial charge in [0.2, 0.25) is 0 Å². The average molecular weight is 507 g/mol. The highest BCUT2D eigenvalue weighted by Gasteiger charge is 2.47. The lowest BCUT2D eigenvalue weighted by molar-refractivity contribution is -0.123. The van der Waals surface area contributed by atoms with Gasteiger partial charge in [-0.05, 0) is 36.1 Å². The van der Waals surface area contributed by atoms with Gasteiger partial charge in [-0.15, -0.1) is 0 Å². The molecule has 2 amide bonds. The summed E-state index contributed by atoms with van der Waals surface area (Å²) in [5.41, 5.74) is 4.06. The predicted molar refractivity (Wildman–Crippen MR) is 145 cm³/mol. The first-order valence-electron chi connectivity index (χ1n) is 13.1. The fourth-order valence-electron chi connectivity index (χ4n) is 5.14. The van der Waals surface area contributed by atoms with Crippen LogP contribution in [0, 0.1) is 0 Å². The molecule has 0 fully saturated rings. The standard InChI is InChI=1S/C30H35ClN2O3/c1-32-27(22-14-10-9-11-15-22)25-26(29(32)35)28(23-16-18-24(31)19-17-23)33(30(25)36)20-12-7-5-3-2-4-6-8-13-21-34/h9-11,14-19,34H,2-8,12-13,20-21H2,1H3. The molecule has 2 aliphatic rings. The molecule has 0 bridgehead atoms. The van der Waals surface area contributed by atoms with E-state index < -0.39 is 0 Å². The number of hydrogen-bond donors (Lipinski definition) is 1. The maximum atomic E-state index is 13.8. The van der Waals surface area contributed by atoms with E-state index in [4.69, 9.17) is 16.7 Å². The van der Waals surface area contributed by atoms with E-state index in [1.807, 2.05) is 42.5 Å². The topological polar surface area (TPSA) is 60.9 Å². The number of hydrogen-bond acceptors (Lipinski definition) is 3. The smallest absolute Gasteiger partial charge is 0.261 e. The number of amides is 2. The molecule has 0 atom stereocenters. The number of carbonyl (C=O) groups is 2. The summed E-state index contributed by atoms with van der Waals surface area (Å²) in [5, 5.41) is 9.49. The first-order valence-corrected chi connectivity index (χ1v) is 13.4. The number of aliphatic hydroxyl groups is 1. The molecule has 0 spiro atoms. The van der Waals surface area contributed by atoms with Gasteiger partial charge in [0.05, 0.1) is 22.5 Å². The zero-order valence-electron chi connectivity index (χ0n) is 21.0. The number of benzene rings is 2. The number of unbranched alkanes of at least 4 members (excludes halogenated alkanes) is 8. The third-order valence-electron chi connectivity index (χ3n) is 7.01. The molecule has 2 aromatic rings.